The zero-order valence-corrected chi connectivity index (χ0v) is 44.8. The van der Waals surface area contributed by atoms with E-state index in [2.05, 4.69) is 33.4 Å². The average Bonchev–Trinajstić information content (AvgIpc) is 3.99. The maximum Gasteiger partial charge on any atom is 0.187 e. The van der Waals surface area contributed by atoms with Gasteiger partial charge in [-0.1, -0.05) is 70.1 Å². The maximum absolute atomic E-state index is 15.0. The molecule has 0 aromatic rings. The van der Waals surface area contributed by atoms with Crippen molar-refractivity contribution in [3.8, 4) is 0 Å². The Hall–Kier alpha value is -1.99. The van der Waals surface area contributed by atoms with E-state index in [1.807, 2.05) is 26.8 Å². The van der Waals surface area contributed by atoms with Gasteiger partial charge in [-0.25, -0.2) is 0 Å². The van der Waals surface area contributed by atoms with Gasteiger partial charge in [-0.2, -0.15) is 0 Å². The number of Topliss-reactive ketones (excluding diaryl/α,β-unsaturated/α-hetero) is 1. The van der Waals surface area contributed by atoms with Crippen molar-refractivity contribution in [3.05, 3.63) is 35.5 Å². The van der Waals surface area contributed by atoms with Gasteiger partial charge in [0, 0.05) is 17.3 Å². The Morgan fingerprint density at radius 3 is 1.61 bits per heavy atom. The summed E-state index contributed by atoms with van der Waals surface area (Å²) in [6.07, 6.45) is -21.7. The first kappa shape index (κ1) is 61.1. The molecule has 4 aliphatic carbocycles. The van der Waals surface area contributed by atoms with Gasteiger partial charge in [0.2, 0.25) is 0 Å². The van der Waals surface area contributed by atoms with Gasteiger partial charge in [-0.05, 0) is 80.5 Å². The number of ether oxygens (including phenoxy) is 8. The van der Waals surface area contributed by atoms with Gasteiger partial charge in [0.1, 0.15) is 103 Å². The van der Waals surface area contributed by atoms with Crippen molar-refractivity contribution in [1.82, 2.24) is 0 Å². The molecule has 14 N–H and O–H groups in total. The highest BCUT2D eigenvalue weighted by Crippen LogP contribution is 2.74. The van der Waals surface area contributed by atoms with Gasteiger partial charge >= 0.3 is 0 Å². The number of aliphatic hydroxyl groups excluding tert-OH is 14. The second kappa shape index (κ2) is 23.7. The Labute approximate surface area is 448 Å². The molecule has 8 rings (SSSR count). The lowest BCUT2D eigenvalue weighted by molar-refractivity contribution is -0.340. The van der Waals surface area contributed by atoms with Crippen molar-refractivity contribution < 1.29 is 114 Å². The molecule has 27 atom stereocenters. The monoisotopic (exact) mass is 1100 g/mol. The van der Waals surface area contributed by atoms with Crippen LogP contribution in [0.15, 0.2) is 35.5 Å². The van der Waals surface area contributed by atoms with Crippen LogP contribution in [0, 0.1) is 39.4 Å². The fraction of sp³-hybridized carbons (Fsp3) is 0.870. The minimum absolute atomic E-state index is 0.00224. The van der Waals surface area contributed by atoms with Gasteiger partial charge < -0.3 is 109 Å². The van der Waals surface area contributed by atoms with E-state index in [9.17, 15) is 71.5 Å². The standard InChI is InChI=1S/C54H86O23/c1-23(20-70-47-45(68)41(64)37(60)30(75-47)21-71-48-43(66)39(62)35(58)28(18-55)73-48)9-8-10-24(2)25-15-16-52(5)32-13-11-26-27(54(32,7)33(57)17-53(25,52)6)12-14-34(51(26,3)4)77-50-46(69)42(65)38(61)31(76-50)22-72-49-44(67)40(63)36(59)29(19-56)74-49/h9,11,25,27-32,34-50,55-56,58-69H,2,8,10,12-22H2,1,3-7H3/b23-9+/t25-,27-,28-,29-,30-,31-,32+,34+,35-,36-,37-,38-,39+,40+,41+,42+,43-,44-,45-,46-,47-,48-,49-,50+,52+,53-,54+/m1/s1. The fourth-order valence-corrected chi connectivity index (χ4v) is 14.6. The number of aliphatic hydroxyl groups is 14. The molecular weight excluding hydrogens is 1020 g/mol. The molecule has 0 spiro atoms. The number of ketones is 1. The van der Waals surface area contributed by atoms with Gasteiger partial charge in [0.25, 0.3) is 0 Å². The van der Waals surface area contributed by atoms with Crippen LogP contribution in [-0.2, 0) is 42.7 Å². The summed E-state index contributed by atoms with van der Waals surface area (Å²) in [5, 5.41) is 145. The number of hydrogen-bond acceptors (Lipinski definition) is 23. The molecule has 8 aliphatic rings. The summed E-state index contributed by atoms with van der Waals surface area (Å²) in [7, 11) is 0. The normalized spacial score (nSPS) is 50.1. The lowest BCUT2D eigenvalue weighted by Gasteiger charge is -2.64. The number of hydrogen-bond donors (Lipinski definition) is 14. The zero-order valence-electron chi connectivity index (χ0n) is 44.8. The summed E-state index contributed by atoms with van der Waals surface area (Å²) in [4.78, 5) is 15.0. The van der Waals surface area contributed by atoms with Gasteiger partial charge in [-0.3, -0.25) is 4.79 Å². The highest BCUT2D eigenvalue weighted by Gasteiger charge is 2.70. The summed E-state index contributed by atoms with van der Waals surface area (Å²) < 4.78 is 46.1. The molecule has 0 aromatic heterocycles. The molecule has 3 saturated carbocycles. The van der Waals surface area contributed by atoms with Crippen molar-refractivity contribution in [3.63, 3.8) is 0 Å². The van der Waals surface area contributed by atoms with Crippen LogP contribution in [-0.4, -0.2) is 239 Å². The molecule has 4 heterocycles. The van der Waals surface area contributed by atoms with E-state index in [-0.39, 0.29) is 41.0 Å². The highest BCUT2D eigenvalue weighted by atomic mass is 16.7. The molecule has 0 radical (unpaired) electrons. The molecule has 440 valence electrons. The second-order valence-electron chi connectivity index (χ2n) is 24.4. The Morgan fingerprint density at radius 2 is 1.09 bits per heavy atom. The summed E-state index contributed by atoms with van der Waals surface area (Å²) in [5.41, 5.74) is 1.05. The predicted molar refractivity (Wildman–Crippen MR) is 265 cm³/mol. The van der Waals surface area contributed by atoms with E-state index in [1.54, 1.807) is 0 Å². The molecule has 7 fully saturated rings. The van der Waals surface area contributed by atoms with Crippen LogP contribution >= 0.6 is 0 Å². The molecule has 4 saturated heterocycles. The summed E-state index contributed by atoms with van der Waals surface area (Å²) in [6, 6.07) is 0. The number of allylic oxidation sites excluding steroid dienone is 3. The molecule has 0 unspecified atom stereocenters. The van der Waals surface area contributed by atoms with Crippen LogP contribution in [0.5, 0.6) is 0 Å². The zero-order chi connectivity index (χ0) is 56.4. The SMILES string of the molecule is C=C(CC/C=C(\C)CO[C@@H]1O[C@H](CO[C@@H]2O[C@H](CO)[C@@H](O)[C@H](O)[C@H]2O)[C@@H](O)[C@H](O)[C@H]1O)[C@H]1CC[C@@]2(C)[C@@H]3CC=C4[C@@H](CC[C@H](O[C@@H]5O[C@H](CO[C@@H]6O[C@H](CO)[C@@H](O)[C@H](O)[C@H]6O)[C@@H](O)[C@H](O)[C@H]5O)C4(C)C)[C@]3(C)C(=O)C[C@]12C. The van der Waals surface area contributed by atoms with Crippen LogP contribution in [0.4, 0.5) is 0 Å². The topological polar surface area (TPSA) is 374 Å². The molecular formula is C54H86O23. The van der Waals surface area contributed by atoms with E-state index in [0.29, 0.717) is 38.5 Å². The minimum atomic E-state index is -1.71. The third-order valence-electron chi connectivity index (χ3n) is 19.7. The van der Waals surface area contributed by atoms with Crippen LogP contribution in [0.2, 0.25) is 0 Å². The molecule has 0 aromatic carbocycles. The third kappa shape index (κ3) is 11.0. The maximum atomic E-state index is 15.0. The lowest BCUT2D eigenvalue weighted by Crippen LogP contribution is -2.64. The third-order valence-corrected chi connectivity index (χ3v) is 19.7. The van der Waals surface area contributed by atoms with Crippen molar-refractivity contribution in [1.29, 1.82) is 0 Å². The summed E-state index contributed by atoms with van der Waals surface area (Å²) >= 11 is 0. The second-order valence-corrected chi connectivity index (χ2v) is 24.4. The van der Waals surface area contributed by atoms with Gasteiger partial charge in [0.15, 0.2) is 25.2 Å². The molecule has 23 heteroatoms. The van der Waals surface area contributed by atoms with Crippen LogP contribution in [0.3, 0.4) is 0 Å². The average molecular weight is 1100 g/mol. The van der Waals surface area contributed by atoms with E-state index >= 15 is 4.79 Å². The van der Waals surface area contributed by atoms with Crippen molar-refractivity contribution >= 4 is 5.78 Å². The first-order valence-corrected chi connectivity index (χ1v) is 27.3. The predicted octanol–water partition coefficient (Wildman–Crippen LogP) is -2.30. The van der Waals surface area contributed by atoms with E-state index < -0.39 is 166 Å². The number of carbonyl (C=O) groups is 1. The highest BCUT2D eigenvalue weighted by molar-refractivity contribution is 5.88. The van der Waals surface area contributed by atoms with Crippen molar-refractivity contribution in [2.24, 2.45) is 39.4 Å². The quantitative estimate of drug-likeness (QED) is 0.0681. The summed E-state index contributed by atoms with van der Waals surface area (Å²) in [6.45, 7) is 15.0. The molecule has 0 bridgehead atoms. The number of carbonyl (C=O) groups excluding carboxylic acids is 1. The van der Waals surface area contributed by atoms with E-state index in [4.69, 9.17) is 37.9 Å². The lowest BCUT2D eigenvalue weighted by atomic mass is 9.39. The van der Waals surface area contributed by atoms with Crippen molar-refractivity contribution in [2.75, 3.05) is 33.0 Å². The van der Waals surface area contributed by atoms with Crippen LogP contribution < -0.4 is 0 Å². The Kier molecular flexibility index (Phi) is 18.8. The number of fused-ring (bicyclic) bond motifs is 5. The first-order valence-electron chi connectivity index (χ1n) is 27.3. The minimum Gasteiger partial charge on any atom is -0.394 e. The Bertz CT molecular complexity index is 2120. The smallest absolute Gasteiger partial charge is 0.187 e. The van der Waals surface area contributed by atoms with Crippen molar-refractivity contribution in [2.45, 2.75) is 222 Å². The molecule has 77 heavy (non-hydrogen) atoms. The number of rotatable bonds is 17. The molecule has 0 amide bonds. The Morgan fingerprint density at radius 1 is 0.623 bits per heavy atom. The van der Waals surface area contributed by atoms with Gasteiger partial charge in [0.05, 0.1) is 39.1 Å². The van der Waals surface area contributed by atoms with E-state index in [0.717, 1.165) is 29.6 Å². The first-order chi connectivity index (χ1) is 36.2. The van der Waals surface area contributed by atoms with Crippen LogP contribution in [0.25, 0.3) is 0 Å². The van der Waals surface area contributed by atoms with Gasteiger partial charge in [-0.15, -0.1) is 0 Å². The Balaban J connectivity index is 0.860. The molecule has 4 aliphatic heterocycles. The molecule has 23 nitrogen and oxygen atoms in total. The van der Waals surface area contributed by atoms with Crippen LogP contribution in [0.1, 0.15) is 92.9 Å². The van der Waals surface area contributed by atoms with E-state index in [1.165, 1.54) is 0 Å². The fourth-order valence-electron chi connectivity index (χ4n) is 14.6. The summed E-state index contributed by atoms with van der Waals surface area (Å²) in [5.74, 6) is 0.260. The largest absolute Gasteiger partial charge is 0.394 e.